The molecule has 3 aliphatic heterocycles. The van der Waals surface area contributed by atoms with Crippen LogP contribution in [0.15, 0.2) is 72.2 Å². The van der Waals surface area contributed by atoms with Crippen LogP contribution in [-0.2, 0) is 13.1 Å². The Labute approximate surface area is 192 Å². The standard InChI is InChI=1S/C25H37N7/c1-4-11-30-14-15-31(12-5-2)25(30)27-26-23-7-9-24(10-8-23)28(3)13-6-19-32-20-16-29(17-21-32)18-22-32/h4-5,7-10,14-15H,1-2,6,11-13,16-22H2,3H3/q+2. The average molecular weight is 436 g/mol. The van der Waals surface area contributed by atoms with Gasteiger partial charge in [0.2, 0.25) is 0 Å². The van der Waals surface area contributed by atoms with Gasteiger partial charge in [-0.25, -0.2) is 9.13 Å². The maximum Gasteiger partial charge on any atom is 0.422 e. The number of nitrogens with zero attached hydrogens (tertiary/aromatic N) is 7. The van der Waals surface area contributed by atoms with Crippen molar-refractivity contribution >= 4 is 17.3 Å². The molecule has 1 aromatic heterocycles. The topological polar surface area (TPSA) is 40.0 Å². The first kappa shape index (κ1) is 22.4. The van der Waals surface area contributed by atoms with E-state index in [1.165, 1.54) is 62.4 Å². The maximum atomic E-state index is 4.51. The highest BCUT2D eigenvalue weighted by atomic mass is 15.5. The Bertz CT molecular complexity index is 894. The van der Waals surface area contributed by atoms with Crippen LogP contribution in [0.5, 0.6) is 0 Å². The van der Waals surface area contributed by atoms with Crippen molar-refractivity contribution in [1.29, 1.82) is 0 Å². The number of hydrogen-bond donors (Lipinski definition) is 0. The largest absolute Gasteiger partial charge is 0.422 e. The first-order valence-corrected chi connectivity index (χ1v) is 11.7. The van der Waals surface area contributed by atoms with E-state index in [0.717, 1.165) is 18.2 Å². The number of piperazine rings is 3. The van der Waals surface area contributed by atoms with E-state index in [0.29, 0.717) is 13.1 Å². The number of aromatic nitrogens is 2. The summed E-state index contributed by atoms with van der Waals surface area (Å²) in [4.78, 5) is 4.97. The molecule has 7 nitrogen and oxygen atoms in total. The molecule has 0 amide bonds. The summed E-state index contributed by atoms with van der Waals surface area (Å²) < 4.78 is 5.38. The highest BCUT2D eigenvalue weighted by Crippen LogP contribution is 2.23. The van der Waals surface area contributed by atoms with Crippen molar-refractivity contribution in [2.45, 2.75) is 19.5 Å². The number of azo groups is 1. The minimum absolute atomic E-state index is 0.695. The number of quaternary nitrogens is 1. The van der Waals surface area contributed by atoms with Crippen LogP contribution in [0, 0.1) is 0 Å². The molecule has 3 fully saturated rings. The second-order valence-corrected chi connectivity index (χ2v) is 9.05. The molecule has 32 heavy (non-hydrogen) atoms. The van der Waals surface area contributed by atoms with Crippen LogP contribution < -0.4 is 9.47 Å². The summed E-state index contributed by atoms with van der Waals surface area (Å²) in [6, 6.07) is 8.36. The van der Waals surface area contributed by atoms with Crippen molar-refractivity contribution in [3.63, 3.8) is 0 Å². The summed E-state index contributed by atoms with van der Waals surface area (Å²) in [6.45, 7) is 19.3. The normalized spacial score (nSPS) is 22.3. The Morgan fingerprint density at radius 1 is 1.06 bits per heavy atom. The van der Waals surface area contributed by atoms with Gasteiger partial charge in [-0.1, -0.05) is 30.4 Å². The molecule has 2 aromatic rings. The predicted octanol–water partition coefficient (Wildman–Crippen LogP) is 3.54. The number of benzene rings is 1. The molecular weight excluding hydrogens is 398 g/mol. The lowest BCUT2D eigenvalue weighted by Gasteiger charge is -2.50. The Balaban J connectivity index is 1.33. The highest BCUT2D eigenvalue weighted by Gasteiger charge is 2.37. The van der Waals surface area contributed by atoms with Crippen molar-refractivity contribution in [3.05, 3.63) is 62.0 Å². The fourth-order valence-corrected chi connectivity index (χ4v) is 4.85. The smallest absolute Gasteiger partial charge is 0.374 e. The summed E-state index contributed by atoms with van der Waals surface area (Å²) in [7, 11) is 2.19. The van der Waals surface area contributed by atoms with Crippen LogP contribution in [0.3, 0.4) is 0 Å². The fourth-order valence-electron chi connectivity index (χ4n) is 4.85. The van der Waals surface area contributed by atoms with Gasteiger partial charge in [0.1, 0.15) is 5.69 Å². The van der Waals surface area contributed by atoms with Crippen LogP contribution in [-0.4, -0.2) is 73.4 Å². The van der Waals surface area contributed by atoms with Gasteiger partial charge in [-0.3, -0.25) is 4.90 Å². The molecule has 2 bridgehead atoms. The maximum absolute atomic E-state index is 4.51. The summed E-state index contributed by atoms with van der Waals surface area (Å²) in [5.41, 5.74) is 2.08. The van der Waals surface area contributed by atoms with E-state index in [-0.39, 0.29) is 0 Å². The molecule has 0 radical (unpaired) electrons. The van der Waals surface area contributed by atoms with Gasteiger partial charge in [-0.15, -0.1) is 0 Å². The SMILES string of the molecule is C=CCn1cc[n+](CC=C)c1/N=N/c1ccc(N(C)CCC[N+]23CCN(CC2)CC3)cc1. The van der Waals surface area contributed by atoms with Gasteiger partial charge in [0.25, 0.3) is 0 Å². The third-order valence-electron chi connectivity index (χ3n) is 6.94. The van der Waals surface area contributed by atoms with Crippen LogP contribution >= 0.6 is 0 Å². The van der Waals surface area contributed by atoms with Gasteiger partial charge in [0.05, 0.1) is 51.7 Å². The minimum atomic E-state index is 0.695. The van der Waals surface area contributed by atoms with Gasteiger partial charge < -0.3 is 9.38 Å². The van der Waals surface area contributed by atoms with Crippen molar-refractivity contribution in [3.8, 4) is 0 Å². The molecule has 0 aliphatic carbocycles. The number of imidazole rings is 1. The van der Waals surface area contributed by atoms with E-state index in [1.807, 2.05) is 45.8 Å². The number of allylic oxidation sites excluding steroid dienone is 2. The third kappa shape index (κ3) is 5.16. The van der Waals surface area contributed by atoms with Gasteiger partial charge in [0, 0.05) is 50.4 Å². The Hall–Kier alpha value is -2.77. The second kappa shape index (κ2) is 10.2. The van der Waals surface area contributed by atoms with Gasteiger partial charge >= 0.3 is 5.95 Å². The summed E-state index contributed by atoms with van der Waals surface area (Å²) >= 11 is 0. The molecule has 3 saturated heterocycles. The van der Waals surface area contributed by atoms with Crippen LogP contribution in [0.25, 0.3) is 0 Å². The molecule has 0 spiro atoms. The molecular formula is C25H37N7+2. The number of rotatable bonds is 11. The minimum Gasteiger partial charge on any atom is -0.374 e. The van der Waals surface area contributed by atoms with Crippen molar-refractivity contribution in [2.75, 3.05) is 64.3 Å². The summed E-state index contributed by atoms with van der Waals surface area (Å²) in [5.74, 6) is 0.789. The number of hydrogen-bond acceptors (Lipinski definition) is 4. The molecule has 0 atom stereocenters. The second-order valence-electron chi connectivity index (χ2n) is 9.05. The van der Waals surface area contributed by atoms with E-state index in [2.05, 4.69) is 52.4 Å². The van der Waals surface area contributed by atoms with Crippen LogP contribution in [0.2, 0.25) is 0 Å². The lowest BCUT2D eigenvalue weighted by atomic mass is 10.1. The molecule has 0 N–H and O–H groups in total. The fraction of sp³-hybridized carbons (Fsp3) is 0.480. The lowest BCUT2D eigenvalue weighted by Crippen LogP contribution is -2.67. The molecule has 0 unspecified atom stereocenters. The zero-order valence-corrected chi connectivity index (χ0v) is 19.4. The monoisotopic (exact) mass is 435 g/mol. The lowest BCUT2D eigenvalue weighted by molar-refractivity contribution is -0.941. The first-order chi connectivity index (χ1) is 15.6. The third-order valence-corrected chi connectivity index (χ3v) is 6.94. The van der Waals surface area contributed by atoms with Crippen molar-refractivity contribution < 1.29 is 9.05 Å². The molecule has 0 saturated carbocycles. The van der Waals surface area contributed by atoms with Crippen molar-refractivity contribution in [1.82, 2.24) is 9.47 Å². The summed E-state index contributed by atoms with van der Waals surface area (Å²) in [6.07, 6.45) is 8.94. The van der Waals surface area contributed by atoms with Crippen LogP contribution in [0.1, 0.15) is 6.42 Å². The molecule has 1 aromatic carbocycles. The van der Waals surface area contributed by atoms with E-state index in [4.69, 9.17) is 0 Å². The first-order valence-electron chi connectivity index (χ1n) is 11.7. The number of anilines is 1. The van der Waals surface area contributed by atoms with E-state index in [9.17, 15) is 0 Å². The molecule has 3 aliphatic rings. The Kier molecular flexibility index (Phi) is 7.17. The van der Waals surface area contributed by atoms with Crippen molar-refractivity contribution in [2.24, 2.45) is 10.2 Å². The molecule has 170 valence electrons. The Morgan fingerprint density at radius 3 is 2.44 bits per heavy atom. The quantitative estimate of drug-likeness (QED) is 0.234. The number of fused-ring (bicyclic) bond motifs is 3. The Morgan fingerprint density at radius 2 is 1.78 bits per heavy atom. The molecule has 7 heteroatoms. The van der Waals surface area contributed by atoms with E-state index >= 15 is 0 Å². The molecule has 4 heterocycles. The van der Waals surface area contributed by atoms with Gasteiger partial charge in [-0.2, -0.15) is 0 Å². The molecule has 5 rings (SSSR count). The van der Waals surface area contributed by atoms with E-state index in [1.54, 1.807) is 0 Å². The highest BCUT2D eigenvalue weighted by molar-refractivity contribution is 5.52. The van der Waals surface area contributed by atoms with Gasteiger partial charge in [0.15, 0.2) is 0 Å². The summed E-state index contributed by atoms with van der Waals surface area (Å²) in [5, 5.41) is 8.98. The van der Waals surface area contributed by atoms with E-state index < -0.39 is 0 Å². The average Bonchev–Trinajstić information content (AvgIpc) is 3.20. The predicted molar refractivity (Wildman–Crippen MR) is 130 cm³/mol. The van der Waals surface area contributed by atoms with Crippen LogP contribution in [0.4, 0.5) is 17.3 Å². The zero-order valence-electron chi connectivity index (χ0n) is 19.4. The zero-order chi connectivity index (χ0) is 22.4. The van der Waals surface area contributed by atoms with Gasteiger partial charge in [-0.05, 0) is 24.3 Å².